The molecule has 0 saturated carbocycles. The molecule has 0 fully saturated rings. The van der Waals surface area contributed by atoms with Crippen LogP contribution in [-0.4, -0.2) is 33.3 Å². The predicted octanol–water partition coefficient (Wildman–Crippen LogP) is 3.39. The maximum absolute atomic E-state index is 12.9. The number of sulfonamides is 1. The summed E-state index contributed by atoms with van der Waals surface area (Å²) in [4.78, 5) is 21.8. The third-order valence-corrected chi connectivity index (χ3v) is 5.48. The average Bonchev–Trinajstić information content (AvgIpc) is 2.69. The van der Waals surface area contributed by atoms with Gasteiger partial charge in [-0.15, -0.1) is 0 Å². The molecular formula is C19H17F6N3O4S. The van der Waals surface area contributed by atoms with Gasteiger partial charge in [0.2, 0.25) is 15.9 Å². The first kappa shape index (κ1) is 26.1. The lowest BCUT2D eigenvalue weighted by molar-refractivity contribution is -0.143. The number of benzene rings is 2. The zero-order valence-corrected chi connectivity index (χ0v) is 17.6. The van der Waals surface area contributed by atoms with Gasteiger partial charge in [-0.3, -0.25) is 9.59 Å². The Morgan fingerprint density at radius 2 is 1.36 bits per heavy atom. The van der Waals surface area contributed by atoms with Gasteiger partial charge in [0.15, 0.2) is 0 Å². The Hall–Kier alpha value is -3.13. The fraction of sp³-hybridized carbons (Fsp3) is 0.263. The Labute approximate surface area is 184 Å². The highest BCUT2D eigenvalue weighted by molar-refractivity contribution is 7.89. The van der Waals surface area contributed by atoms with Crippen molar-refractivity contribution in [2.24, 2.45) is 0 Å². The molecule has 0 saturated heterocycles. The lowest BCUT2D eigenvalue weighted by Gasteiger charge is -2.15. The molecule has 0 aliphatic rings. The van der Waals surface area contributed by atoms with E-state index < -0.39 is 50.9 Å². The molecule has 0 aliphatic heterocycles. The number of anilines is 1. The second-order valence-corrected chi connectivity index (χ2v) is 8.42. The highest BCUT2D eigenvalue weighted by Gasteiger charge is 2.38. The smallest absolute Gasteiger partial charge is 0.351 e. The second-order valence-electron chi connectivity index (χ2n) is 6.65. The molecule has 0 aromatic heterocycles. The van der Waals surface area contributed by atoms with Crippen LogP contribution < -0.4 is 15.4 Å². The molecule has 33 heavy (non-hydrogen) atoms. The number of hydrogen-bond donors (Lipinski definition) is 3. The molecule has 14 heteroatoms. The summed E-state index contributed by atoms with van der Waals surface area (Å²) < 4.78 is 104. The van der Waals surface area contributed by atoms with Crippen LogP contribution in [0.1, 0.15) is 28.4 Å². The number of rotatable bonds is 7. The van der Waals surface area contributed by atoms with Gasteiger partial charge >= 0.3 is 12.4 Å². The summed E-state index contributed by atoms with van der Waals surface area (Å²) >= 11 is 0. The summed E-state index contributed by atoms with van der Waals surface area (Å²) in [6.07, 6.45) is -10.4. The first-order chi connectivity index (χ1) is 15.1. The molecular weight excluding hydrogens is 480 g/mol. The molecule has 0 unspecified atom stereocenters. The number of amides is 2. The van der Waals surface area contributed by atoms with E-state index in [0.717, 1.165) is 0 Å². The number of carbonyl (C=O) groups is 2. The van der Waals surface area contributed by atoms with E-state index in [1.807, 2.05) is 4.72 Å². The van der Waals surface area contributed by atoms with Gasteiger partial charge in [0.1, 0.15) is 0 Å². The van der Waals surface area contributed by atoms with Crippen LogP contribution in [0, 0.1) is 0 Å². The molecule has 2 aromatic carbocycles. The summed E-state index contributed by atoms with van der Waals surface area (Å²) in [5, 5.41) is 4.83. The minimum atomic E-state index is -5.20. The fourth-order valence-electron chi connectivity index (χ4n) is 2.54. The molecule has 0 atom stereocenters. The Morgan fingerprint density at radius 3 is 1.82 bits per heavy atom. The summed E-state index contributed by atoms with van der Waals surface area (Å²) in [7, 11) is -4.75. The number of alkyl halides is 6. The molecule has 0 bridgehead atoms. The number of carbonyl (C=O) groups excluding carboxylic acids is 2. The molecule has 2 rings (SSSR count). The predicted molar refractivity (Wildman–Crippen MR) is 105 cm³/mol. The van der Waals surface area contributed by atoms with Crippen molar-refractivity contribution in [2.75, 3.05) is 18.4 Å². The van der Waals surface area contributed by atoms with Crippen molar-refractivity contribution < 1.29 is 44.3 Å². The van der Waals surface area contributed by atoms with Gasteiger partial charge in [-0.1, -0.05) is 0 Å². The van der Waals surface area contributed by atoms with E-state index in [1.54, 1.807) is 0 Å². The minimum absolute atomic E-state index is 0.0901. The standard InChI is InChI=1S/C19H17F6N3O4S/c1-11(29)28-15-4-2-12(3-5-15)17(30)26-6-7-27-33(31,32)16-9-13(18(20,21)22)8-14(10-16)19(23,24)25/h2-5,8-10,27H,6-7H2,1H3,(H,26,30)(H,28,29). The highest BCUT2D eigenvalue weighted by atomic mass is 32.2. The zero-order valence-electron chi connectivity index (χ0n) is 16.8. The first-order valence-electron chi connectivity index (χ1n) is 9.04. The molecule has 2 aromatic rings. The van der Waals surface area contributed by atoms with E-state index in [9.17, 15) is 44.3 Å². The van der Waals surface area contributed by atoms with E-state index in [4.69, 9.17) is 0 Å². The molecule has 0 spiro atoms. The van der Waals surface area contributed by atoms with Crippen molar-refractivity contribution in [1.82, 2.24) is 10.0 Å². The van der Waals surface area contributed by atoms with Gasteiger partial charge < -0.3 is 10.6 Å². The van der Waals surface area contributed by atoms with Crippen LogP contribution in [0.25, 0.3) is 0 Å². The molecule has 0 heterocycles. The minimum Gasteiger partial charge on any atom is -0.351 e. The fourth-order valence-corrected chi connectivity index (χ4v) is 3.64. The maximum atomic E-state index is 12.9. The van der Waals surface area contributed by atoms with Crippen molar-refractivity contribution in [2.45, 2.75) is 24.2 Å². The van der Waals surface area contributed by atoms with Crippen molar-refractivity contribution in [1.29, 1.82) is 0 Å². The Morgan fingerprint density at radius 1 is 0.848 bits per heavy atom. The van der Waals surface area contributed by atoms with Crippen LogP contribution in [0.15, 0.2) is 47.4 Å². The van der Waals surface area contributed by atoms with Gasteiger partial charge in [0, 0.05) is 31.3 Å². The molecule has 7 nitrogen and oxygen atoms in total. The summed E-state index contributed by atoms with van der Waals surface area (Å²) in [5.41, 5.74) is -2.94. The van der Waals surface area contributed by atoms with E-state index in [-0.39, 0.29) is 36.2 Å². The Bertz CT molecular complexity index is 1100. The quantitative estimate of drug-likeness (QED) is 0.403. The van der Waals surface area contributed by atoms with Gasteiger partial charge in [-0.2, -0.15) is 26.3 Å². The van der Waals surface area contributed by atoms with Crippen molar-refractivity contribution in [3.8, 4) is 0 Å². The van der Waals surface area contributed by atoms with Crippen LogP contribution >= 0.6 is 0 Å². The molecule has 0 radical (unpaired) electrons. The SMILES string of the molecule is CC(=O)Nc1ccc(C(=O)NCCNS(=O)(=O)c2cc(C(F)(F)F)cc(C(F)(F)F)c2)cc1. The van der Waals surface area contributed by atoms with Crippen molar-refractivity contribution in [3.63, 3.8) is 0 Å². The van der Waals surface area contributed by atoms with Crippen LogP contribution in [0.2, 0.25) is 0 Å². The Balaban J connectivity index is 2.05. The average molecular weight is 497 g/mol. The third-order valence-electron chi connectivity index (χ3n) is 4.04. The van der Waals surface area contributed by atoms with E-state index in [1.165, 1.54) is 31.2 Å². The second kappa shape index (κ2) is 9.79. The van der Waals surface area contributed by atoms with E-state index in [0.29, 0.717) is 5.69 Å². The summed E-state index contributed by atoms with van der Waals surface area (Å²) in [5.74, 6) is -0.940. The Kier molecular flexibility index (Phi) is 7.75. The lowest BCUT2D eigenvalue weighted by atomic mass is 10.1. The first-order valence-corrected chi connectivity index (χ1v) is 10.5. The highest BCUT2D eigenvalue weighted by Crippen LogP contribution is 2.37. The van der Waals surface area contributed by atoms with Crippen molar-refractivity contribution >= 4 is 27.5 Å². The van der Waals surface area contributed by atoms with Gasteiger partial charge in [-0.25, -0.2) is 13.1 Å². The van der Waals surface area contributed by atoms with Crippen LogP contribution in [0.3, 0.4) is 0 Å². The molecule has 0 aliphatic carbocycles. The van der Waals surface area contributed by atoms with E-state index in [2.05, 4.69) is 10.6 Å². The third kappa shape index (κ3) is 7.46. The van der Waals surface area contributed by atoms with E-state index >= 15 is 0 Å². The van der Waals surface area contributed by atoms with Crippen molar-refractivity contribution in [3.05, 3.63) is 59.2 Å². The topological polar surface area (TPSA) is 104 Å². The number of hydrogen-bond acceptors (Lipinski definition) is 4. The van der Waals surface area contributed by atoms with Crippen LogP contribution in [0.4, 0.5) is 32.0 Å². The number of halogens is 6. The molecule has 3 N–H and O–H groups in total. The van der Waals surface area contributed by atoms with Crippen LogP contribution in [-0.2, 0) is 27.2 Å². The monoisotopic (exact) mass is 497 g/mol. The van der Waals surface area contributed by atoms with Gasteiger partial charge in [0.05, 0.1) is 16.0 Å². The maximum Gasteiger partial charge on any atom is 0.416 e. The normalized spacial score (nSPS) is 12.3. The van der Waals surface area contributed by atoms with Gasteiger partial charge in [0.25, 0.3) is 5.91 Å². The largest absolute Gasteiger partial charge is 0.416 e. The summed E-state index contributed by atoms with van der Waals surface area (Å²) in [6.45, 7) is 0.483. The molecule has 2 amide bonds. The summed E-state index contributed by atoms with van der Waals surface area (Å²) in [6, 6.07) is 5.66. The van der Waals surface area contributed by atoms with Gasteiger partial charge in [-0.05, 0) is 42.5 Å². The molecule has 180 valence electrons. The lowest BCUT2D eigenvalue weighted by Crippen LogP contribution is -2.35. The van der Waals surface area contributed by atoms with Crippen LogP contribution in [0.5, 0.6) is 0 Å². The number of nitrogens with one attached hydrogen (secondary N) is 3. The zero-order chi connectivity index (χ0) is 25.0.